The molecule has 1 aromatic rings. The average molecular weight is 301 g/mol. The van der Waals surface area contributed by atoms with Gasteiger partial charge in [0.2, 0.25) is 0 Å². The van der Waals surface area contributed by atoms with E-state index in [0.29, 0.717) is 5.92 Å². The van der Waals surface area contributed by atoms with Gasteiger partial charge in [-0.3, -0.25) is 0 Å². The lowest BCUT2D eigenvalue weighted by Crippen LogP contribution is -2.35. The first-order chi connectivity index (χ1) is 8.81. The third-order valence-corrected chi connectivity index (χ3v) is 4.80. The Morgan fingerprint density at radius 1 is 1.32 bits per heavy atom. The fourth-order valence-corrected chi connectivity index (χ4v) is 3.48. The van der Waals surface area contributed by atoms with Crippen molar-refractivity contribution in [2.75, 3.05) is 5.75 Å². The van der Waals surface area contributed by atoms with Gasteiger partial charge in [-0.05, 0) is 38.9 Å². The average Bonchev–Trinajstić information content (AvgIpc) is 2.64. The van der Waals surface area contributed by atoms with Crippen LogP contribution in [0, 0.1) is 5.92 Å². The van der Waals surface area contributed by atoms with Crippen molar-refractivity contribution >= 4 is 23.1 Å². The lowest BCUT2D eigenvalue weighted by atomic mass is 10.1. The van der Waals surface area contributed by atoms with E-state index in [9.17, 15) is 0 Å². The minimum absolute atomic E-state index is 0.164. The summed E-state index contributed by atoms with van der Waals surface area (Å²) in [6, 6.07) is 0. The molecule has 1 N–H and O–H groups in total. The molecule has 0 radical (unpaired) electrons. The zero-order valence-corrected chi connectivity index (χ0v) is 14.8. The van der Waals surface area contributed by atoms with Gasteiger partial charge in [0.05, 0.1) is 5.69 Å². The van der Waals surface area contributed by atoms with Crippen LogP contribution in [0.1, 0.15) is 57.1 Å². The van der Waals surface area contributed by atoms with Crippen LogP contribution in [0.15, 0.2) is 0 Å². The first-order valence-electron chi connectivity index (χ1n) is 7.12. The Hall–Kier alpha value is -0.0600. The number of hydrogen-bond donors (Lipinski definition) is 1. The summed E-state index contributed by atoms with van der Waals surface area (Å²) in [5, 5.41) is 4.87. The molecule has 2 nitrogen and oxygen atoms in total. The molecule has 1 aromatic heterocycles. The molecule has 1 rings (SSSR count). The van der Waals surface area contributed by atoms with Gasteiger partial charge in [0, 0.05) is 22.7 Å². The lowest BCUT2D eigenvalue weighted by molar-refractivity contribution is 0.425. The molecule has 0 amide bonds. The third-order valence-electron chi connectivity index (χ3n) is 2.63. The molecule has 0 aliphatic heterocycles. The third kappa shape index (κ3) is 6.77. The fourth-order valence-electron chi connectivity index (χ4n) is 1.72. The molecular formula is C15H28N2S2. The molecule has 0 saturated heterocycles. The summed E-state index contributed by atoms with van der Waals surface area (Å²) < 4.78 is 0. The second-order valence-electron chi connectivity index (χ2n) is 6.32. The molecular weight excluding hydrogens is 272 g/mol. The first-order valence-corrected chi connectivity index (χ1v) is 9.09. The Morgan fingerprint density at radius 3 is 2.53 bits per heavy atom. The van der Waals surface area contributed by atoms with E-state index < -0.39 is 0 Å². The number of aromatic nitrogens is 1. The van der Waals surface area contributed by atoms with Crippen LogP contribution in [0.4, 0.5) is 0 Å². The van der Waals surface area contributed by atoms with E-state index in [4.69, 9.17) is 4.98 Å². The number of rotatable bonds is 7. The van der Waals surface area contributed by atoms with Crippen LogP contribution >= 0.6 is 23.1 Å². The van der Waals surface area contributed by atoms with E-state index >= 15 is 0 Å². The topological polar surface area (TPSA) is 24.9 Å². The second kappa shape index (κ2) is 7.65. The summed E-state index contributed by atoms with van der Waals surface area (Å²) >= 11 is 3.84. The molecule has 1 heterocycles. The SMILES string of the molecule is CCSCc1nc(CC(C)C)c(CNC(C)(C)C)s1. The van der Waals surface area contributed by atoms with Crippen LogP contribution in [0.3, 0.4) is 0 Å². The minimum atomic E-state index is 0.164. The quantitative estimate of drug-likeness (QED) is 0.803. The number of hydrogen-bond acceptors (Lipinski definition) is 4. The van der Waals surface area contributed by atoms with Gasteiger partial charge >= 0.3 is 0 Å². The van der Waals surface area contributed by atoms with Crippen LogP contribution < -0.4 is 5.32 Å². The molecule has 0 aliphatic rings. The molecule has 0 spiro atoms. The van der Waals surface area contributed by atoms with Gasteiger partial charge in [-0.2, -0.15) is 11.8 Å². The maximum atomic E-state index is 4.85. The van der Waals surface area contributed by atoms with E-state index in [1.54, 1.807) is 0 Å². The van der Waals surface area contributed by atoms with E-state index in [1.807, 2.05) is 23.1 Å². The van der Waals surface area contributed by atoms with Crippen molar-refractivity contribution in [2.24, 2.45) is 5.92 Å². The van der Waals surface area contributed by atoms with E-state index in [-0.39, 0.29) is 5.54 Å². The monoisotopic (exact) mass is 300 g/mol. The zero-order valence-electron chi connectivity index (χ0n) is 13.2. The van der Waals surface area contributed by atoms with Gasteiger partial charge in [0.25, 0.3) is 0 Å². The highest BCUT2D eigenvalue weighted by molar-refractivity contribution is 7.98. The van der Waals surface area contributed by atoms with Crippen LogP contribution in [0.25, 0.3) is 0 Å². The van der Waals surface area contributed by atoms with Crippen molar-refractivity contribution in [3.63, 3.8) is 0 Å². The molecule has 0 aliphatic carbocycles. The smallest absolute Gasteiger partial charge is 0.103 e. The summed E-state index contributed by atoms with van der Waals surface area (Å²) in [4.78, 5) is 6.27. The molecule has 19 heavy (non-hydrogen) atoms. The Kier molecular flexibility index (Phi) is 6.84. The predicted octanol–water partition coefficient (Wildman–Crippen LogP) is 4.48. The Morgan fingerprint density at radius 2 is 2.00 bits per heavy atom. The van der Waals surface area contributed by atoms with Gasteiger partial charge in [-0.25, -0.2) is 4.98 Å². The first kappa shape index (κ1) is 17.0. The van der Waals surface area contributed by atoms with Crippen molar-refractivity contribution < 1.29 is 0 Å². The highest BCUT2D eigenvalue weighted by atomic mass is 32.2. The van der Waals surface area contributed by atoms with E-state index in [2.05, 4.69) is 46.9 Å². The van der Waals surface area contributed by atoms with Gasteiger partial charge in [0.1, 0.15) is 5.01 Å². The molecule has 0 bridgehead atoms. The van der Waals surface area contributed by atoms with E-state index in [0.717, 1.165) is 24.5 Å². The fraction of sp³-hybridized carbons (Fsp3) is 0.800. The van der Waals surface area contributed by atoms with Crippen LogP contribution in [0.2, 0.25) is 0 Å². The molecule has 0 aromatic carbocycles. The maximum Gasteiger partial charge on any atom is 0.103 e. The molecule has 0 atom stereocenters. The summed E-state index contributed by atoms with van der Waals surface area (Å²) in [6.07, 6.45) is 1.09. The summed E-state index contributed by atoms with van der Waals surface area (Å²) in [5.41, 5.74) is 1.47. The van der Waals surface area contributed by atoms with E-state index in [1.165, 1.54) is 15.6 Å². The molecule has 110 valence electrons. The van der Waals surface area contributed by atoms with Crippen molar-refractivity contribution in [3.8, 4) is 0 Å². The van der Waals surface area contributed by atoms with Gasteiger partial charge in [-0.1, -0.05) is 20.8 Å². The van der Waals surface area contributed by atoms with Crippen molar-refractivity contribution in [2.45, 2.75) is 65.8 Å². The largest absolute Gasteiger partial charge is 0.307 e. The number of thiazole rings is 1. The van der Waals surface area contributed by atoms with Gasteiger partial charge < -0.3 is 5.32 Å². The normalized spacial score (nSPS) is 12.4. The number of nitrogens with zero attached hydrogens (tertiary/aromatic N) is 1. The van der Waals surface area contributed by atoms with Crippen molar-refractivity contribution in [3.05, 3.63) is 15.6 Å². The van der Waals surface area contributed by atoms with Crippen molar-refractivity contribution in [1.82, 2.24) is 10.3 Å². The number of thioether (sulfide) groups is 1. The predicted molar refractivity (Wildman–Crippen MR) is 89.1 cm³/mol. The van der Waals surface area contributed by atoms with Crippen LogP contribution in [-0.2, 0) is 18.7 Å². The van der Waals surface area contributed by atoms with Gasteiger partial charge in [0.15, 0.2) is 0 Å². The Balaban J connectivity index is 2.76. The number of nitrogens with one attached hydrogen (secondary N) is 1. The molecule has 4 heteroatoms. The summed E-state index contributed by atoms with van der Waals surface area (Å²) in [6.45, 7) is 14.3. The van der Waals surface area contributed by atoms with Crippen LogP contribution in [-0.4, -0.2) is 16.3 Å². The summed E-state index contributed by atoms with van der Waals surface area (Å²) in [7, 11) is 0. The maximum absolute atomic E-state index is 4.85. The summed E-state index contributed by atoms with van der Waals surface area (Å²) in [5.74, 6) is 2.89. The van der Waals surface area contributed by atoms with Gasteiger partial charge in [-0.15, -0.1) is 11.3 Å². The molecule has 0 fully saturated rings. The Labute approximate surface area is 126 Å². The van der Waals surface area contributed by atoms with Crippen LogP contribution in [0.5, 0.6) is 0 Å². The standard InChI is InChI=1S/C15H28N2S2/c1-7-18-10-14-17-12(8-11(2)3)13(19-14)9-16-15(4,5)6/h11,16H,7-10H2,1-6H3. The zero-order chi connectivity index (χ0) is 14.5. The minimum Gasteiger partial charge on any atom is -0.307 e. The van der Waals surface area contributed by atoms with Crippen molar-refractivity contribution in [1.29, 1.82) is 0 Å². The highest BCUT2D eigenvalue weighted by Crippen LogP contribution is 2.25. The molecule has 0 saturated carbocycles. The second-order valence-corrected chi connectivity index (χ2v) is 8.76. The molecule has 0 unspecified atom stereocenters. The highest BCUT2D eigenvalue weighted by Gasteiger charge is 2.15. The Bertz CT molecular complexity index is 378. The lowest BCUT2D eigenvalue weighted by Gasteiger charge is -2.20.